The third kappa shape index (κ3) is 5.28. The Morgan fingerprint density at radius 3 is 2.28 bits per heavy atom. The molecule has 248 valence electrons. The van der Waals surface area contributed by atoms with Gasteiger partial charge in [-0.05, 0) is 83.7 Å². The lowest BCUT2D eigenvalue weighted by Gasteiger charge is -2.50. The number of ketones is 2. The van der Waals surface area contributed by atoms with Crippen LogP contribution in [0.25, 0.3) is 5.76 Å². The van der Waals surface area contributed by atoms with Crippen molar-refractivity contribution in [1.29, 1.82) is 0 Å². The summed E-state index contributed by atoms with van der Waals surface area (Å²) < 4.78 is 10.3. The van der Waals surface area contributed by atoms with Crippen LogP contribution in [-0.4, -0.2) is 98.3 Å². The molecular weight excluding hydrogens is 602 g/mol. The topological polar surface area (TPSA) is 217 Å². The van der Waals surface area contributed by atoms with Gasteiger partial charge in [0.1, 0.15) is 22.8 Å². The Balaban J connectivity index is 1.51. The zero-order valence-corrected chi connectivity index (χ0v) is 26.3. The van der Waals surface area contributed by atoms with Crippen LogP contribution in [0.3, 0.4) is 0 Å². The number of hydrogen-bond acceptors (Lipinski definition) is 12. The first-order valence-corrected chi connectivity index (χ1v) is 15.0. The summed E-state index contributed by atoms with van der Waals surface area (Å²) in [7, 11) is 3.05. The highest BCUT2D eigenvalue weighted by Crippen LogP contribution is 2.53. The zero-order valence-electron chi connectivity index (χ0n) is 26.3. The molecule has 0 bridgehead atoms. The van der Waals surface area contributed by atoms with Crippen LogP contribution in [0.5, 0.6) is 5.75 Å². The molecular formula is C32H39N3O11. The molecule has 5 rings (SSSR count). The van der Waals surface area contributed by atoms with Gasteiger partial charge in [0.05, 0.1) is 17.0 Å². The summed E-state index contributed by atoms with van der Waals surface area (Å²) in [6.45, 7) is 4.45. The summed E-state index contributed by atoms with van der Waals surface area (Å²) >= 11 is 0. The zero-order chi connectivity index (χ0) is 34.0. The number of likely N-dealkylation sites (N-methyl/N-ethyl adjacent to an activating group) is 1. The minimum atomic E-state index is -2.74. The first kappa shape index (κ1) is 32.9. The molecule has 1 aromatic rings. The van der Waals surface area contributed by atoms with E-state index in [2.05, 4.69) is 0 Å². The molecule has 0 aromatic heterocycles. The number of carbonyl (C=O) groups is 5. The van der Waals surface area contributed by atoms with Crippen molar-refractivity contribution in [1.82, 2.24) is 9.80 Å². The third-order valence-corrected chi connectivity index (χ3v) is 9.25. The number of aliphatic hydroxyl groups is 3. The fourth-order valence-corrected chi connectivity index (χ4v) is 6.80. The number of primary amides is 1. The Hall–Kier alpha value is -4.43. The largest absolute Gasteiger partial charge is 0.508 e. The van der Waals surface area contributed by atoms with Crippen LogP contribution >= 0.6 is 0 Å². The molecule has 2 saturated carbocycles. The van der Waals surface area contributed by atoms with E-state index in [4.69, 9.17) is 15.2 Å². The first-order valence-electron chi connectivity index (χ1n) is 15.0. The van der Waals surface area contributed by atoms with Crippen molar-refractivity contribution in [2.24, 2.45) is 23.0 Å². The molecule has 2 amide bonds. The number of carbonyl (C=O) groups excluding carboxylic acids is 5. The molecule has 4 aliphatic carbocycles. The van der Waals surface area contributed by atoms with E-state index in [1.165, 1.54) is 30.0 Å². The quantitative estimate of drug-likeness (QED) is 0.163. The second kappa shape index (κ2) is 11.4. The van der Waals surface area contributed by atoms with Crippen LogP contribution in [0, 0.1) is 17.3 Å². The Kier molecular flexibility index (Phi) is 8.18. The summed E-state index contributed by atoms with van der Waals surface area (Å²) in [6.07, 6.45) is 0.730. The van der Waals surface area contributed by atoms with Gasteiger partial charge in [-0.3, -0.25) is 24.1 Å². The average Bonchev–Trinajstić information content (AvgIpc) is 3.79. The second-order valence-electron chi connectivity index (χ2n) is 13.6. The molecule has 0 radical (unpaired) electrons. The SMILES string of the molecule is CN(C)[C@@H]1C(=O)C(C(N)=O)=C(O)[C@@]2(O)C(=O)C3=C(O)c4c(O)ccc(CN(C(=O)OCOC(=O)C(C)(C)C)C5CC5)c4C[C@H]3C[C@@H]12. The van der Waals surface area contributed by atoms with Crippen molar-refractivity contribution in [2.75, 3.05) is 20.9 Å². The van der Waals surface area contributed by atoms with Gasteiger partial charge in [-0.2, -0.15) is 0 Å². The average molecular weight is 642 g/mol. The minimum absolute atomic E-state index is 0.0142. The van der Waals surface area contributed by atoms with Gasteiger partial charge in [-0.25, -0.2) is 4.79 Å². The highest BCUT2D eigenvalue weighted by molar-refractivity contribution is 6.24. The second-order valence-corrected chi connectivity index (χ2v) is 13.6. The molecule has 0 heterocycles. The molecule has 46 heavy (non-hydrogen) atoms. The van der Waals surface area contributed by atoms with Crippen molar-refractivity contribution in [3.8, 4) is 5.75 Å². The van der Waals surface area contributed by atoms with Gasteiger partial charge >= 0.3 is 12.1 Å². The number of ether oxygens (including phenoxy) is 2. The van der Waals surface area contributed by atoms with E-state index in [1.807, 2.05) is 0 Å². The van der Waals surface area contributed by atoms with Crippen molar-refractivity contribution < 1.29 is 53.9 Å². The highest BCUT2D eigenvalue weighted by Gasteiger charge is 2.64. The predicted molar refractivity (Wildman–Crippen MR) is 160 cm³/mol. The lowest BCUT2D eigenvalue weighted by atomic mass is 9.57. The summed E-state index contributed by atoms with van der Waals surface area (Å²) in [5.41, 5.74) is 1.62. The van der Waals surface area contributed by atoms with Crippen LogP contribution < -0.4 is 5.73 Å². The maximum atomic E-state index is 14.0. The number of aromatic hydroxyl groups is 1. The third-order valence-electron chi connectivity index (χ3n) is 9.25. The number of nitrogens with zero attached hydrogens (tertiary/aromatic N) is 2. The number of benzene rings is 1. The molecule has 2 fully saturated rings. The van der Waals surface area contributed by atoms with E-state index in [1.54, 1.807) is 26.8 Å². The lowest BCUT2D eigenvalue weighted by Crippen LogP contribution is -2.65. The fourth-order valence-electron chi connectivity index (χ4n) is 6.80. The number of fused-ring (bicyclic) bond motifs is 3. The Morgan fingerprint density at radius 2 is 1.72 bits per heavy atom. The van der Waals surface area contributed by atoms with E-state index >= 15 is 0 Å². The van der Waals surface area contributed by atoms with Crippen LogP contribution in [-0.2, 0) is 41.6 Å². The summed E-state index contributed by atoms with van der Waals surface area (Å²) in [6, 6.07) is 1.55. The summed E-state index contributed by atoms with van der Waals surface area (Å²) in [5.74, 6) is -7.90. The smallest absolute Gasteiger partial charge is 0.413 e. The molecule has 14 nitrogen and oxygen atoms in total. The van der Waals surface area contributed by atoms with Gasteiger partial charge in [0.2, 0.25) is 12.6 Å². The molecule has 6 N–H and O–H groups in total. The number of nitrogens with two attached hydrogens (primary N) is 1. The van der Waals surface area contributed by atoms with E-state index in [0.717, 1.165) is 0 Å². The van der Waals surface area contributed by atoms with Gasteiger partial charge in [0.15, 0.2) is 11.4 Å². The number of hydrogen-bond donors (Lipinski definition) is 5. The van der Waals surface area contributed by atoms with Gasteiger partial charge in [0, 0.05) is 24.1 Å². The van der Waals surface area contributed by atoms with Crippen molar-refractivity contribution in [3.05, 3.63) is 45.7 Å². The molecule has 0 spiro atoms. The number of esters is 1. The van der Waals surface area contributed by atoms with Crippen molar-refractivity contribution in [2.45, 2.75) is 70.7 Å². The monoisotopic (exact) mass is 641 g/mol. The minimum Gasteiger partial charge on any atom is -0.508 e. The maximum absolute atomic E-state index is 14.0. The maximum Gasteiger partial charge on any atom is 0.413 e. The number of rotatable bonds is 7. The van der Waals surface area contributed by atoms with Crippen LogP contribution in [0.4, 0.5) is 4.79 Å². The molecule has 4 atom stereocenters. The van der Waals surface area contributed by atoms with Crippen LogP contribution in [0.15, 0.2) is 29.0 Å². The fraction of sp³-hybridized carbons (Fsp3) is 0.531. The van der Waals surface area contributed by atoms with E-state index < -0.39 is 82.3 Å². The standard InChI is InChI=1S/C32H39N3O11/c1-31(2,3)29(42)45-13-46-30(43)35(16-7-8-16)12-14-6-9-19(36)21-17(14)10-15-11-18-23(34(4)5)25(38)22(28(33)41)27(40)32(18,44)26(39)20(15)24(21)37/h6,9,15-16,18,23,36-37,40,44H,7-8,10-13H2,1-5H3,(H2,33,41)/t15-,18-,23-,32-/m0/s1. The van der Waals surface area contributed by atoms with Crippen molar-refractivity contribution >= 4 is 35.3 Å². The number of Topliss-reactive ketones (excluding diaryl/α,β-unsaturated/α-hetero) is 2. The highest BCUT2D eigenvalue weighted by atomic mass is 16.7. The van der Waals surface area contributed by atoms with Gasteiger partial charge in [-0.1, -0.05) is 6.07 Å². The molecule has 1 aromatic carbocycles. The number of aliphatic hydroxyl groups excluding tert-OH is 2. The first-order chi connectivity index (χ1) is 21.4. The van der Waals surface area contributed by atoms with E-state index in [9.17, 15) is 44.4 Å². The Bertz CT molecular complexity index is 1600. The van der Waals surface area contributed by atoms with Crippen molar-refractivity contribution in [3.63, 3.8) is 0 Å². The summed E-state index contributed by atoms with van der Waals surface area (Å²) in [4.78, 5) is 67.6. The lowest BCUT2D eigenvalue weighted by molar-refractivity contribution is -0.162. The molecule has 0 saturated heterocycles. The normalized spacial score (nSPS) is 25.9. The van der Waals surface area contributed by atoms with E-state index in [-0.39, 0.29) is 42.3 Å². The molecule has 0 aliphatic heterocycles. The number of phenolic OH excluding ortho intramolecular Hbond substituents is 1. The van der Waals surface area contributed by atoms with E-state index in [0.29, 0.717) is 24.0 Å². The molecule has 0 unspecified atom stereocenters. The summed E-state index contributed by atoms with van der Waals surface area (Å²) in [5, 5.41) is 45.1. The van der Waals surface area contributed by atoms with Gasteiger partial charge in [0.25, 0.3) is 5.91 Å². The van der Waals surface area contributed by atoms with Gasteiger partial charge < -0.3 is 40.5 Å². The van der Waals surface area contributed by atoms with Crippen LogP contribution in [0.1, 0.15) is 56.7 Å². The number of phenols is 1. The number of amides is 2. The molecule has 14 heteroatoms. The molecule has 4 aliphatic rings. The predicted octanol–water partition coefficient (Wildman–Crippen LogP) is 1.61. The van der Waals surface area contributed by atoms with Gasteiger partial charge in [-0.15, -0.1) is 0 Å². The van der Waals surface area contributed by atoms with Crippen LogP contribution in [0.2, 0.25) is 0 Å². The Labute approximate surface area is 265 Å². The Morgan fingerprint density at radius 1 is 1.07 bits per heavy atom.